The second-order valence-corrected chi connectivity index (χ2v) is 6.08. The molecule has 0 saturated carbocycles. The van der Waals surface area contributed by atoms with Crippen molar-refractivity contribution < 1.29 is 14.3 Å². The molecule has 0 spiro atoms. The van der Waals surface area contributed by atoms with Gasteiger partial charge in [-0.25, -0.2) is 4.79 Å². The molecule has 3 aromatic rings. The van der Waals surface area contributed by atoms with Crippen LogP contribution in [0.4, 0.5) is 10.5 Å². The summed E-state index contributed by atoms with van der Waals surface area (Å²) >= 11 is 0. The molecule has 2 amide bonds. The molecule has 0 unspecified atom stereocenters. The summed E-state index contributed by atoms with van der Waals surface area (Å²) in [6.45, 7) is 3.93. The molecule has 6 heteroatoms. The van der Waals surface area contributed by atoms with E-state index in [4.69, 9.17) is 4.74 Å². The maximum Gasteiger partial charge on any atom is 0.325 e. The van der Waals surface area contributed by atoms with Crippen molar-refractivity contribution >= 4 is 28.6 Å². The number of aromatic amines is 1. The van der Waals surface area contributed by atoms with Gasteiger partial charge in [-0.3, -0.25) is 4.79 Å². The Kier molecular flexibility index (Phi) is 5.76. The number of benzene rings is 2. The topological polar surface area (TPSA) is 83.2 Å². The third-order valence-corrected chi connectivity index (χ3v) is 4.29. The monoisotopic (exact) mass is 365 g/mol. The Labute approximate surface area is 157 Å². The van der Waals surface area contributed by atoms with Gasteiger partial charge in [-0.05, 0) is 25.0 Å². The second kappa shape index (κ2) is 8.40. The fourth-order valence-electron chi connectivity index (χ4n) is 2.92. The normalized spacial score (nSPS) is 10.6. The number of para-hydroxylation sites is 1. The Bertz CT molecular complexity index is 945. The van der Waals surface area contributed by atoms with E-state index in [1.54, 1.807) is 6.92 Å². The van der Waals surface area contributed by atoms with E-state index in [0.717, 1.165) is 28.6 Å². The van der Waals surface area contributed by atoms with Crippen LogP contribution in [0.25, 0.3) is 22.2 Å². The molecule has 1 heterocycles. The molecular weight excluding hydrogens is 342 g/mol. The summed E-state index contributed by atoms with van der Waals surface area (Å²) in [6.07, 6.45) is 0.967. The highest BCUT2D eigenvalue weighted by Gasteiger charge is 2.16. The first kappa shape index (κ1) is 18.5. The zero-order chi connectivity index (χ0) is 19.2. The average molecular weight is 365 g/mol. The summed E-state index contributed by atoms with van der Waals surface area (Å²) < 4.78 is 4.82. The van der Waals surface area contributed by atoms with Gasteiger partial charge in [-0.2, -0.15) is 0 Å². The molecule has 27 heavy (non-hydrogen) atoms. The molecule has 0 atom stereocenters. The van der Waals surface area contributed by atoms with Gasteiger partial charge in [0.15, 0.2) is 0 Å². The Hall–Kier alpha value is -3.28. The van der Waals surface area contributed by atoms with Crippen LogP contribution in [-0.2, 0) is 16.0 Å². The molecule has 2 aromatic carbocycles. The molecule has 0 fully saturated rings. The summed E-state index contributed by atoms with van der Waals surface area (Å²) in [6, 6.07) is 15.5. The largest absolute Gasteiger partial charge is 0.465 e. The van der Waals surface area contributed by atoms with Gasteiger partial charge >= 0.3 is 12.0 Å². The van der Waals surface area contributed by atoms with Crippen molar-refractivity contribution in [3.8, 4) is 11.3 Å². The number of nitrogens with one attached hydrogen (secondary N) is 3. The second-order valence-electron chi connectivity index (χ2n) is 6.08. The maximum atomic E-state index is 12.3. The SMILES string of the molecule is CCOC(=O)CNC(=O)Nc1c(-c2ccc(CC)cc2)[nH]c2ccccc12. The van der Waals surface area contributed by atoms with Gasteiger partial charge in [-0.1, -0.05) is 49.4 Å². The molecule has 6 nitrogen and oxygen atoms in total. The predicted molar refractivity (Wildman–Crippen MR) is 107 cm³/mol. The number of urea groups is 1. The summed E-state index contributed by atoms with van der Waals surface area (Å²) in [7, 11) is 0. The van der Waals surface area contributed by atoms with Crippen molar-refractivity contribution in [1.29, 1.82) is 0 Å². The number of hydrogen-bond acceptors (Lipinski definition) is 3. The van der Waals surface area contributed by atoms with Crippen molar-refractivity contribution in [2.75, 3.05) is 18.5 Å². The van der Waals surface area contributed by atoms with Crippen LogP contribution in [0.5, 0.6) is 0 Å². The van der Waals surface area contributed by atoms with Crippen molar-refractivity contribution in [3.63, 3.8) is 0 Å². The highest BCUT2D eigenvalue weighted by molar-refractivity contribution is 6.07. The zero-order valence-corrected chi connectivity index (χ0v) is 15.5. The van der Waals surface area contributed by atoms with E-state index in [1.807, 2.05) is 36.4 Å². The molecule has 3 N–H and O–H groups in total. The maximum absolute atomic E-state index is 12.3. The van der Waals surface area contributed by atoms with Gasteiger partial charge in [0.25, 0.3) is 0 Å². The Morgan fingerprint density at radius 3 is 2.48 bits per heavy atom. The number of aromatic nitrogens is 1. The van der Waals surface area contributed by atoms with Gasteiger partial charge in [0.2, 0.25) is 0 Å². The molecule has 0 radical (unpaired) electrons. The summed E-state index contributed by atoms with van der Waals surface area (Å²) in [5.41, 5.74) is 4.65. The fraction of sp³-hybridized carbons (Fsp3) is 0.238. The van der Waals surface area contributed by atoms with Gasteiger partial charge in [-0.15, -0.1) is 0 Å². The van der Waals surface area contributed by atoms with E-state index in [1.165, 1.54) is 5.56 Å². The van der Waals surface area contributed by atoms with Crippen LogP contribution in [0.2, 0.25) is 0 Å². The Morgan fingerprint density at radius 1 is 1.04 bits per heavy atom. The van der Waals surface area contributed by atoms with Crippen molar-refractivity contribution in [3.05, 3.63) is 54.1 Å². The minimum absolute atomic E-state index is 0.178. The molecule has 0 aliphatic rings. The lowest BCUT2D eigenvalue weighted by molar-refractivity contribution is -0.141. The third kappa shape index (κ3) is 4.28. The predicted octanol–water partition coefficient (Wildman–Crippen LogP) is 4.08. The van der Waals surface area contributed by atoms with Gasteiger partial charge in [0.1, 0.15) is 6.54 Å². The van der Waals surface area contributed by atoms with Crippen LogP contribution < -0.4 is 10.6 Å². The lowest BCUT2D eigenvalue weighted by atomic mass is 10.1. The first-order valence-corrected chi connectivity index (χ1v) is 9.02. The average Bonchev–Trinajstić information content (AvgIpc) is 3.05. The van der Waals surface area contributed by atoms with Crippen molar-refractivity contribution in [2.45, 2.75) is 20.3 Å². The Balaban J connectivity index is 1.88. The molecular formula is C21H23N3O3. The number of aryl methyl sites for hydroxylation is 1. The van der Waals surface area contributed by atoms with E-state index in [-0.39, 0.29) is 13.2 Å². The summed E-state index contributed by atoms with van der Waals surface area (Å²) in [5.74, 6) is -0.470. The molecule has 0 aliphatic carbocycles. The standard InChI is InChI=1S/C21H23N3O3/c1-3-14-9-11-15(12-10-14)19-20(16-7-5-6-8-17(16)23-19)24-21(26)22-13-18(25)27-4-2/h5-12,23H,3-4,13H2,1-2H3,(H2,22,24,26). The quantitative estimate of drug-likeness (QED) is 0.576. The molecule has 0 aliphatic heterocycles. The number of esters is 1. The van der Waals surface area contributed by atoms with Crippen molar-refractivity contribution in [1.82, 2.24) is 10.3 Å². The molecule has 3 rings (SSSR count). The van der Waals surface area contributed by atoms with E-state index in [2.05, 4.69) is 34.7 Å². The number of fused-ring (bicyclic) bond motifs is 1. The lowest BCUT2D eigenvalue weighted by Crippen LogP contribution is -2.34. The van der Waals surface area contributed by atoms with E-state index < -0.39 is 12.0 Å². The fourth-order valence-corrected chi connectivity index (χ4v) is 2.92. The number of carbonyl (C=O) groups excluding carboxylic acids is 2. The van der Waals surface area contributed by atoms with Crippen LogP contribution in [0.3, 0.4) is 0 Å². The first-order valence-electron chi connectivity index (χ1n) is 9.02. The molecule has 1 aromatic heterocycles. The van der Waals surface area contributed by atoms with Crippen LogP contribution >= 0.6 is 0 Å². The number of H-pyrrole nitrogens is 1. The zero-order valence-electron chi connectivity index (χ0n) is 15.5. The van der Waals surface area contributed by atoms with Crippen LogP contribution in [0.1, 0.15) is 19.4 Å². The minimum atomic E-state index is -0.470. The number of rotatable bonds is 6. The van der Waals surface area contributed by atoms with Gasteiger partial charge in [0.05, 0.1) is 18.0 Å². The van der Waals surface area contributed by atoms with Gasteiger partial charge < -0.3 is 20.4 Å². The molecule has 0 saturated heterocycles. The number of carbonyl (C=O) groups is 2. The lowest BCUT2D eigenvalue weighted by Gasteiger charge is -2.09. The van der Waals surface area contributed by atoms with Crippen LogP contribution in [-0.4, -0.2) is 30.1 Å². The van der Waals surface area contributed by atoms with E-state index >= 15 is 0 Å². The first-order chi connectivity index (χ1) is 13.1. The van der Waals surface area contributed by atoms with Crippen LogP contribution in [0, 0.1) is 0 Å². The minimum Gasteiger partial charge on any atom is -0.465 e. The van der Waals surface area contributed by atoms with E-state index in [0.29, 0.717) is 5.69 Å². The summed E-state index contributed by atoms with van der Waals surface area (Å²) in [5, 5.41) is 6.30. The highest BCUT2D eigenvalue weighted by atomic mass is 16.5. The Morgan fingerprint density at radius 2 is 1.78 bits per heavy atom. The number of ether oxygens (including phenoxy) is 1. The highest BCUT2D eigenvalue weighted by Crippen LogP contribution is 2.35. The number of anilines is 1. The third-order valence-electron chi connectivity index (χ3n) is 4.29. The van der Waals surface area contributed by atoms with Gasteiger partial charge in [0, 0.05) is 16.5 Å². The molecule has 0 bridgehead atoms. The number of amides is 2. The van der Waals surface area contributed by atoms with Crippen molar-refractivity contribution in [2.24, 2.45) is 0 Å². The smallest absolute Gasteiger partial charge is 0.325 e. The van der Waals surface area contributed by atoms with E-state index in [9.17, 15) is 9.59 Å². The molecule has 140 valence electrons. The number of hydrogen-bond donors (Lipinski definition) is 3. The van der Waals surface area contributed by atoms with Crippen LogP contribution in [0.15, 0.2) is 48.5 Å². The summed E-state index contributed by atoms with van der Waals surface area (Å²) in [4.78, 5) is 27.1.